The lowest BCUT2D eigenvalue weighted by Crippen LogP contribution is -2.46. The second kappa shape index (κ2) is 9.63. The van der Waals surface area contributed by atoms with Gasteiger partial charge in [-0.25, -0.2) is 12.8 Å². The predicted molar refractivity (Wildman–Crippen MR) is 120 cm³/mol. The highest BCUT2D eigenvalue weighted by Gasteiger charge is 2.40. The number of piperidine rings is 1. The third-order valence-corrected chi connectivity index (χ3v) is 7.71. The number of nitrogens with zero attached hydrogens (tertiary/aromatic N) is 1. The topological polar surface area (TPSA) is 66.5 Å². The van der Waals surface area contributed by atoms with Gasteiger partial charge >= 0.3 is 0 Å². The van der Waals surface area contributed by atoms with Crippen molar-refractivity contribution < 1.29 is 17.6 Å². The maximum atomic E-state index is 13.5. The summed E-state index contributed by atoms with van der Waals surface area (Å²) in [6, 6.07) is 23.2. The van der Waals surface area contributed by atoms with Gasteiger partial charge in [-0.2, -0.15) is 4.31 Å². The minimum atomic E-state index is -3.84. The summed E-state index contributed by atoms with van der Waals surface area (Å²) in [4.78, 5) is 13.1. The number of rotatable bonds is 6. The van der Waals surface area contributed by atoms with E-state index >= 15 is 0 Å². The molecule has 1 aliphatic heterocycles. The van der Waals surface area contributed by atoms with Crippen LogP contribution in [0.1, 0.15) is 30.0 Å². The molecule has 7 heteroatoms. The van der Waals surface area contributed by atoms with E-state index < -0.39 is 22.0 Å². The Hall–Kier alpha value is -3.03. The van der Waals surface area contributed by atoms with E-state index in [2.05, 4.69) is 5.32 Å². The van der Waals surface area contributed by atoms with E-state index in [1.54, 1.807) is 42.5 Å². The zero-order valence-electron chi connectivity index (χ0n) is 17.5. The maximum Gasteiger partial charge on any atom is 0.243 e. The molecular formula is C25H25FN2O3S. The first-order chi connectivity index (χ1) is 15.4. The molecule has 4 rings (SSSR count). The van der Waals surface area contributed by atoms with Crippen molar-refractivity contribution in [1.82, 2.24) is 9.62 Å². The fourth-order valence-corrected chi connectivity index (χ4v) is 5.80. The molecule has 1 fully saturated rings. The summed E-state index contributed by atoms with van der Waals surface area (Å²) < 4.78 is 41.9. The van der Waals surface area contributed by atoms with Crippen molar-refractivity contribution in [2.24, 2.45) is 5.92 Å². The Kier molecular flexibility index (Phi) is 6.67. The first-order valence-corrected chi connectivity index (χ1v) is 12.0. The number of benzene rings is 3. The minimum absolute atomic E-state index is 0.0693. The zero-order valence-corrected chi connectivity index (χ0v) is 18.3. The highest BCUT2D eigenvalue weighted by atomic mass is 32.2. The van der Waals surface area contributed by atoms with Gasteiger partial charge in [0.1, 0.15) is 5.82 Å². The molecule has 0 unspecified atom stereocenters. The fraction of sp³-hybridized carbons (Fsp3) is 0.240. The molecule has 0 radical (unpaired) electrons. The van der Waals surface area contributed by atoms with Crippen LogP contribution in [0.15, 0.2) is 89.8 Å². The average Bonchev–Trinajstić information content (AvgIpc) is 2.84. The highest BCUT2D eigenvalue weighted by molar-refractivity contribution is 7.89. The molecule has 0 spiro atoms. The van der Waals surface area contributed by atoms with Gasteiger partial charge < -0.3 is 5.32 Å². The van der Waals surface area contributed by atoms with Gasteiger partial charge in [0.15, 0.2) is 0 Å². The number of carbonyl (C=O) groups excluding carboxylic acids is 1. The average molecular weight is 453 g/mol. The normalized spacial score (nSPS) is 19.4. The van der Waals surface area contributed by atoms with E-state index in [4.69, 9.17) is 0 Å². The van der Waals surface area contributed by atoms with E-state index in [-0.39, 0.29) is 23.2 Å². The molecular weight excluding hydrogens is 427 g/mol. The molecule has 5 nitrogen and oxygen atoms in total. The molecule has 0 bridgehead atoms. The second-order valence-electron chi connectivity index (χ2n) is 7.93. The van der Waals surface area contributed by atoms with Crippen molar-refractivity contribution in [3.63, 3.8) is 0 Å². The molecule has 2 atom stereocenters. The van der Waals surface area contributed by atoms with Crippen LogP contribution in [0.2, 0.25) is 0 Å². The molecule has 1 heterocycles. The van der Waals surface area contributed by atoms with Crippen molar-refractivity contribution >= 4 is 15.9 Å². The lowest BCUT2D eigenvalue weighted by molar-refractivity contribution is -0.126. The van der Waals surface area contributed by atoms with Gasteiger partial charge in [-0.15, -0.1) is 0 Å². The molecule has 166 valence electrons. The van der Waals surface area contributed by atoms with Crippen LogP contribution in [0.4, 0.5) is 4.39 Å². The van der Waals surface area contributed by atoms with Gasteiger partial charge in [-0.1, -0.05) is 60.7 Å². The molecule has 0 aromatic heterocycles. The Morgan fingerprint density at radius 3 is 2.19 bits per heavy atom. The Morgan fingerprint density at radius 2 is 1.53 bits per heavy atom. The Morgan fingerprint density at radius 1 is 0.906 bits per heavy atom. The van der Waals surface area contributed by atoms with E-state index in [9.17, 15) is 17.6 Å². The second-order valence-corrected chi connectivity index (χ2v) is 9.82. The number of carbonyl (C=O) groups is 1. The summed E-state index contributed by atoms with van der Waals surface area (Å²) in [6.07, 6.45) is 1.02. The van der Waals surface area contributed by atoms with Gasteiger partial charge in [0.05, 0.1) is 16.9 Å². The molecule has 0 aliphatic carbocycles. The first-order valence-electron chi connectivity index (χ1n) is 10.6. The predicted octanol–water partition coefficient (Wildman–Crippen LogP) is 4.28. The van der Waals surface area contributed by atoms with Crippen LogP contribution in [-0.2, 0) is 21.4 Å². The third-order valence-electron chi connectivity index (χ3n) is 5.82. The summed E-state index contributed by atoms with van der Waals surface area (Å²) in [5.74, 6) is -1.01. The number of hydrogen-bond donors (Lipinski definition) is 1. The van der Waals surface area contributed by atoms with Crippen LogP contribution in [0.5, 0.6) is 0 Å². The molecule has 1 amide bonds. The van der Waals surface area contributed by atoms with Gasteiger partial charge in [0.25, 0.3) is 0 Å². The smallest absolute Gasteiger partial charge is 0.243 e. The van der Waals surface area contributed by atoms with E-state index in [0.717, 1.165) is 5.56 Å². The molecule has 1 saturated heterocycles. The van der Waals surface area contributed by atoms with Gasteiger partial charge in [0, 0.05) is 13.1 Å². The number of halogens is 1. The van der Waals surface area contributed by atoms with E-state index in [0.29, 0.717) is 24.9 Å². The zero-order chi connectivity index (χ0) is 22.6. The molecule has 32 heavy (non-hydrogen) atoms. The van der Waals surface area contributed by atoms with Crippen LogP contribution < -0.4 is 5.32 Å². The highest BCUT2D eigenvalue weighted by Crippen LogP contribution is 2.37. The van der Waals surface area contributed by atoms with E-state index in [1.165, 1.54) is 16.4 Å². The van der Waals surface area contributed by atoms with Gasteiger partial charge in [-0.05, 0) is 48.2 Å². The SMILES string of the molecule is O=C(NCc1ccccc1)[C@@H]1CC[C@H](c2ccc(F)cc2)N(S(=O)(=O)c2ccccc2)C1. The summed E-state index contributed by atoms with van der Waals surface area (Å²) in [5, 5.41) is 2.93. The third kappa shape index (κ3) is 4.89. The molecule has 3 aromatic carbocycles. The van der Waals surface area contributed by atoms with Crippen LogP contribution in [-0.4, -0.2) is 25.2 Å². The van der Waals surface area contributed by atoms with Crippen molar-refractivity contribution in [2.45, 2.75) is 30.3 Å². The van der Waals surface area contributed by atoms with Crippen LogP contribution >= 0.6 is 0 Å². The quantitative estimate of drug-likeness (QED) is 0.607. The van der Waals surface area contributed by atoms with Crippen molar-refractivity contribution in [1.29, 1.82) is 0 Å². The van der Waals surface area contributed by atoms with Crippen LogP contribution in [0.3, 0.4) is 0 Å². The first kappa shape index (κ1) is 22.2. The Labute approximate surface area is 187 Å². The number of amides is 1. The van der Waals surface area contributed by atoms with Crippen LogP contribution in [0, 0.1) is 11.7 Å². The Balaban J connectivity index is 1.58. The minimum Gasteiger partial charge on any atom is -0.352 e. The largest absolute Gasteiger partial charge is 0.352 e. The lowest BCUT2D eigenvalue weighted by Gasteiger charge is -2.38. The molecule has 1 N–H and O–H groups in total. The standard InChI is InChI=1S/C25H25FN2O3S/c26-22-14-11-20(12-15-22)24-16-13-21(25(29)27-17-19-7-3-1-4-8-19)18-28(24)32(30,31)23-9-5-2-6-10-23/h1-12,14-15,21,24H,13,16-18H2,(H,27,29)/t21-,24-/m1/s1. The van der Waals surface area contributed by atoms with Gasteiger partial charge in [-0.3, -0.25) is 4.79 Å². The Bertz CT molecular complexity index is 1150. The summed E-state index contributed by atoms with van der Waals surface area (Å²) in [6.45, 7) is 0.461. The lowest BCUT2D eigenvalue weighted by atomic mass is 9.90. The van der Waals surface area contributed by atoms with E-state index in [1.807, 2.05) is 30.3 Å². The number of sulfonamides is 1. The molecule has 1 aliphatic rings. The monoisotopic (exact) mass is 452 g/mol. The molecule has 3 aromatic rings. The summed E-state index contributed by atoms with van der Waals surface area (Å²) in [5.41, 5.74) is 1.70. The summed E-state index contributed by atoms with van der Waals surface area (Å²) in [7, 11) is -3.84. The van der Waals surface area contributed by atoms with Crippen molar-refractivity contribution in [2.75, 3.05) is 6.54 Å². The van der Waals surface area contributed by atoms with Gasteiger partial charge in [0.2, 0.25) is 15.9 Å². The van der Waals surface area contributed by atoms with Crippen molar-refractivity contribution in [3.8, 4) is 0 Å². The van der Waals surface area contributed by atoms with Crippen molar-refractivity contribution in [3.05, 3.63) is 102 Å². The number of nitrogens with one attached hydrogen (secondary N) is 1. The fourth-order valence-electron chi connectivity index (χ4n) is 4.09. The summed E-state index contributed by atoms with van der Waals surface area (Å²) >= 11 is 0. The molecule has 0 saturated carbocycles. The van der Waals surface area contributed by atoms with Crippen LogP contribution in [0.25, 0.3) is 0 Å². The number of hydrogen-bond acceptors (Lipinski definition) is 3. The maximum absolute atomic E-state index is 13.5.